The Labute approximate surface area is 213 Å². The van der Waals surface area contributed by atoms with Crippen molar-refractivity contribution in [1.82, 2.24) is 5.32 Å². The molecule has 1 aliphatic rings. The van der Waals surface area contributed by atoms with Crippen LogP contribution < -0.4 is 10.2 Å². The van der Waals surface area contributed by atoms with Crippen molar-refractivity contribution in [3.05, 3.63) is 125 Å². The molecule has 2 amide bonds. The molecule has 1 aromatic heterocycles. The lowest BCUT2D eigenvalue weighted by Crippen LogP contribution is -2.28. The normalized spacial score (nSPS) is 12.4. The maximum atomic E-state index is 13.7. The molecular formula is C29H25FN2O3S. The van der Waals surface area contributed by atoms with E-state index in [2.05, 4.69) is 5.32 Å². The maximum Gasteiger partial charge on any atom is 0.287 e. The van der Waals surface area contributed by atoms with Crippen molar-refractivity contribution in [2.75, 3.05) is 11.4 Å². The van der Waals surface area contributed by atoms with Gasteiger partial charge in [-0.2, -0.15) is 0 Å². The second-order valence-corrected chi connectivity index (χ2v) is 9.55. The highest BCUT2D eigenvalue weighted by Gasteiger charge is 2.25. The van der Waals surface area contributed by atoms with Gasteiger partial charge in [-0.25, -0.2) is 4.39 Å². The minimum Gasteiger partial charge on any atom is -0.455 e. The van der Waals surface area contributed by atoms with Crippen molar-refractivity contribution in [3.8, 4) is 0 Å². The number of thioether (sulfide) groups is 1. The van der Waals surface area contributed by atoms with Crippen LogP contribution >= 0.6 is 11.8 Å². The van der Waals surface area contributed by atoms with Crippen LogP contribution in [0.25, 0.3) is 0 Å². The number of hydrogen-bond donors (Lipinski definition) is 1. The summed E-state index contributed by atoms with van der Waals surface area (Å²) in [6.45, 7) is 1.000. The molecule has 1 aliphatic heterocycles. The number of carbonyl (C=O) groups excluding carboxylic acids is 2. The molecule has 182 valence electrons. The predicted molar refractivity (Wildman–Crippen MR) is 140 cm³/mol. The van der Waals surface area contributed by atoms with Gasteiger partial charge in [-0.05, 0) is 59.5 Å². The van der Waals surface area contributed by atoms with E-state index in [9.17, 15) is 14.0 Å². The smallest absolute Gasteiger partial charge is 0.287 e. The number of amides is 2. The van der Waals surface area contributed by atoms with Crippen molar-refractivity contribution < 1.29 is 18.4 Å². The molecular weight excluding hydrogens is 475 g/mol. The van der Waals surface area contributed by atoms with Gasteiger partial charge >= 0.3 is 0 Å². The number of rotatable bonds is 8. The van der Waals surface area contributed by atoms with E-state index >= 15 is 0 Å². The highest BCUT2D eigenvalue weighted by atomic mass is 32.2. The van der Waals surface area contributed by atoms with Gasteiger partial charge in [-0.3, -0.25) is 9.59 Å². The zero-order valence-electron chi connectivity index (χ0n) is 19.6. The van der Waals surface area contributed by atoms with Crippen LogP contribution in [0.2, 0.25) is 0 Å². The molecule has 0 unspecified atom stereocenters. The van der Waals surface area contributed by atoms with E-state index in [0.717, 1.165) is 23.2 Å². The molecule has 5 nitrogen and oxygen atoms in total. The fourth-order valence-corrected chi connectivity index (χ4v) is 5.15. The second kappa shape index (κ2) is 10.8. The summed E-state index contributed by atoms with van der Waals surface area (Å²) in [6, 6.07) is 25.3. The number of fused-ring (bicyclic) bond motifs is 1. The average molecular weight is 501 g/mol. The lowest BCUT2D eigenvalue weighted by Gasteiger charge is -2.17. The van der Waals surface area contributed by atoms with E-state index in [4.69, 9.17) is 4.42 Å². The molecule has 0 saturated heterocycles. The SMILES string of the molecule is O=C(NCc1ccc2c(c1)CCN2C(=O)c1ccccc1)c1ccc(CSCc2ccccc2F)o1. The molecule has 0 spiro atoms. The molecule has 0 bridgehead atoms. The van der Waals surface area contributed by atoms with Crippen molar-refractivity contribution in [1.29, 1.82) is 0 Å². The molecule has 0 saturated carbocycles. The minimum absolute atomic E-state index is 0.00362. The Morgan fingerprint density at radius 1 is 0.944 bits per heavy atom. The first-order valence-electron chi connectivity index (χ1n) is 11.8. The van der Waals surface area contributed by atoms with E-state index in [1.807, 2.05) is 59.5 Å². The predicted octanol–water partition coefficient (Wildman–Crippen LogP) is 5.99. The van der Waals surface area contributed by atoms with Gasteiger partial charge in [0.2, 0.25) is 0 Å². The Bertz CT molecular complexity index is 1390. The van der Waals surface area contributed by atoms with Crippen LogP contribution in [0.1, 0.15) is 43.4 Å². The number of anilines is 1. The number of halogens is 1. The Morgan fingerprint density at radius 2 is 1.75 bits per heavy atom. The van der Waals surface area contributed by atoms with Gasteiger partial charge < -0.3 is 14.6 Å². The summed E-state index contributed by atoms with van der Waals surface area (Å²) in [5.41, 5.74) is 4.29. The number of benzene rings is 3. The Kier molecular flexibility index (Phi) is 7.18. The van der Waals surface area contributed by atoms with E-state index in [0.29, 0.717) is 41.5 Å². The quantitative estimate of drug-likeness (QED) is 0.323. The number of nitrogens with zero attached hydrogens (tertiary/aromatic N) is 1. The van der Waals surface area contributed by atoms with Crippen LogP contribution in [0.5, 0.6) is 0 Å². The van der Waals surface area contributed by atoms with E-state index < -0.39 is 0 Å². The lowest BCUT2D eigenvalue weighted by molar-refractivity contribution is 0.0921. The first-order valence-corrected chi connectivity index (χ1v) is 12.9. The fourth-order valence-electron chi connectivity index (χ4n) is 4.24. The third kappa shape index (κ3) is 5.36. The molecule has 7 heteroatoms. The largest absolute Gasteiger partial charge is 0.455 e. The summed E-state index contributed by atoms with van der Waals surface area (Å²) in [5.74, 6) is 1.48. The standard InChI is InChI=1S/C29H25FN2O3S/c30-25-9-5-4-8-23(25)18-36-19-24-11-13-27(35-24)28(33)31-17-20-10-12-26-22(16-20)14-15-32(26)29(34)21-6-2-1-3-7-21/h1-13,16H,14-15,17-19H2,(H,31,33). The summed E-state index contributed by atoms with van der Waals surface area (Å²) in [5, 5.41) is 2.90. The zero-order valence-corrected chi connectivity index (χ0v) is 20.4. The summed E-state index contributed by atoms with van der Waals surface area (Å²) < 4.78 is 19.4. The van der Waals surface area contributed by atoms with Gasteiger partial charge in [-0.15, -0.1) is 11.8 Å². The van der Waals surface area contributed by atoms with Gasteiger partial charge in [0.15, 0.2) is 5.76 Å². The van der Waals surface area contributed by atoms with E-state index in [-0.39, 0.29) is 23.4 Å². The van der Waals surface area contributed by atoms with Gasteiger partial charge in [0, 0.05) is 30.1 Å². The zero-order chi connectivity index (χ0) is 24.9. The van der Waals surface area contributed by atoms with E-state index in [1.165, 1.54) is 17.8 Å². The molecule has 4 aromatic rings. The molecule has 5 rings (SSSR count). The van der Waals surface area contributed by atoms with Crippen LogP contribution in [-0.4, -0.2) is 18.4 Å². The molecule has 0 atom stereocenters. The molecule has 1 N–H and O–H groups in total. The average Bonchev–Trinajstić information content (AvgIpc) is 3.56. The van der Waals surface area contributed by atoms with Crippen LogP contribution in [0.15, 0.2) is 89.3 Å². The van der Waals surface area contributed by atoms with Gasteiger partial charge in [0.1, 0.15) is 11.6 Å². The third-order valence-electron chi connectivity index (χ3n) is 6.10. The van der Waals surface area contributed by atoms with Crippen LogP contribution in [0, 0.1) is 5.82 Å². The molecule has 0 fully saturated rings. The Hall–Kier alpha value is -3.84. The fraction of sp³-hybridized carbons (Fsp3) is 0.172. The van der Waals surface area contributed by atoms with Gasteiger partial charge in [0.05, 0.1) is 5.75 Å². The second-order valence-electron chi connectivity index (χ2n) is 8.57. The number of carbonyl (C=O) groups is 2. The van der Waals surface area contributed by atoms with Gasteiger partial charge in [0.25, 0.3) is 11.8 Å². The minimum atomic E-state index is -0.290. The molecule has 3 aromatic carbocycles. The summed E-state index contributed by atoms with van der Waals surface area (Å²) in [7, 11) is 0. The first kappa shape index (κ1) is 23.9. The van der Waals surface area contributed by atoms with Crippen molar-refractivity contribution >= 4 is 29.3 Å². The number of furan rings is 1. The van der Waals surface area contributed by atoms with E-state index in [1.54, 1.807) is 24.3 Å². The molecule has 0 aliphatic carbocycles. The summed E-state index contributed by atoms with van der Waals surface area (Å²) in [6.07, 6.45) is 0.780. The molecule has 2 heterocycles. The van der Waals surface area contributed by atoms with Gasteiger partial charge in [-0.1, -0.05) is 48.5 Å². The Balaban J connectivity index is 1.14. The van der Waals surface area contributed by atoms with Crippen molar-refractivity contribution in [2.45, 2.75) is 24.5 Å². The number of nitrogens with one attached hydrogen (secondary N) is 1. The summed E-state index contributed by atoms with van der Waals surface area (Å²) >= 11 is 1.53. The highest BCUT2D eigenvalue weighted by Crippen LogP contribution is 2.30. The number of hydrogen-bond acceptors (Lipinski definition) is 4. The van der Waals surface area contributed by atoms with Crippen molar-refractivity contribution in [2.24, 2.45) is 0 Å². The monoisotopic (exact) mass is 500 g/mol. The van der Waals surface area contributed by atoms with Crippen LogP contribution in [0.3, 0.4) is 0 Å². The third-order valence-corrected chi connectivity index (χ3v) is 7.11. The highest BCUT2D eigenvalue weighted by molar-refractivity contribution is 7.97. The molecule has 0 radical (unpaired) electrons. The first-order chi connectivity index (χ1) is 17.6. The van der Waals surface area contributed by atoms with Crippen molar-refractivity contribution in [3.63, 3.8) is 0 Å². The maximum absolute atomic E-state index is 13.7. The summed E-state index contributed by atoms with van der Waals surface area (Å²) in [4.78, 5) is 27.3. The van der Waals surface area contributed by atoms with Crippen LogP contribution in [0.4, 0.5) is 10.1 Å². The van der Waals surface area contributed by atoms with Crippen LogP contribution in [-0.2, 0) is 24.5 Å². The topological polar surface area (TPSA) is 62.6 Å². The molecule has 36 heavy (non-hydrogen) atoms. The lowest BCUT2D eigenvalue weighted by atomic mass is 10.1. The Morgan fingerprint density at radius 3 is 2.58 bits per heavy atom.